The summed E-state index contributed by atoms with van der Waals surface area (Å²) in [6.07, 6.45) is 2.17. The molecule has 1 aliphatic rings. The molecule has 0 N–H and O–H groups in total. The van der Waals surface area contributed by atoms with Crippen molar-refractivity contribution in [1.82, 2.24) is 4.90 Å². The van der Waals surface area contributed by atoms with Crippen LogP contribution in [0.1, 0.15) is 28.8 Å². The molecular formula is C18H17Cl2NO2. The molecule has 0 saturated carbocycles. The van der Waals surface area contributed by atoms with Gasteiger partial charge < -0.3 is 9.64 Å². The van der Waals surface area contributed by atoms with Gasteiger partial charge in [0, 0.05) is 18.7 Å². The van der Waals surface area contributed by atoms with E-state index in [1.807, 2.05) is 29.2 Å². The van der Waals surface area contributed by atoms with Crippen molar-refractivity contribution in [3.05, 3.63) is 63.6 Å². The molecule has 0 bridgehead atoms. The monoisotopic (exact) mass is 349 g/mol. The molecule has 0 unspecified atom stereocenters. The SMILES string of the molecule is O=C(c1cccc(OCc2ccc(Cl)c(Cl)c2)c1)N1CCCC1. The molecule has 0 atom stereocenters. The Kier molecular flexibility index (Phi) is 5.09. The maximum Gasteiger partial charge on any atom is 0.253 e. The van der Waals surface area contributed by atoms with E-state index in [0.29, 0.717) is 28.0 Å². The Morgan fingerprint density at radius 1 is 1.04 bits per heavy atom. The molecule has 1 saturated heterocycles. The normalized spacial score (nSPS) is 14.1. The number of amides is 1. The van der Waals surface area contributed by atoms with Crippen LogP contribution in [0.5, 0.6) is 5.75 Å². The summed E-state index contributed by atoms with van der Waals surface area (Å²) in [6.45, 7) is 2.05. The van der Waals surface area contributed by atoms with Gasteiger partial charge in [0.1, 0.15) is 12.4 Å². The van der Waals surface area contributed by atoms with Gasteiger partial charge in [-0.25, -0.2) is 0 Å². The van der Waals surface area contributed by atoms with Crippen molar-refractivity contribution >= 4 is 29.1 Å². The number of nitrogens with zero attached hydrogens (tertiary/aromatic N) is 1. The lowest BCUT2D eigenvalue weighted by Crippen LogP contribution is -2.27. The summed E-state index contributed by atoms with van der Waals surface area (Å²) in [5, 5.41) is 1.03. The van der Waals surface area contributed by atoms with E-state index in [1.54, 1.807) is 18.2 Å². The summed E-state index contributed by atoms with van der Waals surface area (Å²) in [4.78, 5) is 14.3. The Hall–Kier alpha value is -1.71. The predicted molar refractivity (Wildman–Crippen MR) is 92.4 cm³/mol. The first-order valence-corrected chi connectivity index (χ1v) is 8.35. The molecule has 5 heteroatoms. The second kappa shape index (κ2) is 7.24. The van der Waals surface area contributed by atoms with Crippen LogP contribution in [0.25, 0.3) is 0 Å². The van der Waals surface area contributed by atoms with Crippen LogP contribution < -0.4 is 4.74 Å². The van der Waals surface area contributed by atoms with Crippen LogP contribution in [0.4, 0.5) is 0 Å². The third-order valence-corrected chi connectivity index (χ3v) is 4.60. The third-order valence-electron chi connectivity index (χ3n) is 3.86. The summed E-state index contributed by atoms with van der Waals surface area (Å²) in [7, 11) is 0. The lowest BCUT2D eigenvalue weighted by atomic mass is 10.2. The van der Waals surface area contributed by atoms with Crippen molar-refractivity contribution in [2.45, 2.75) is 19.4 Å². The average molecular weight is 350 g/mol. The van der Waals surface area contributed by atoms with E-state index in [1.165, 1.54) is 0 Å². The largest absolute Gasteiger partial charge is 0.489 e. The van der Waals surface area contributed by atoms with E-state index < -0.39 is 0 Å². The molecule has 3 rings (SSSR count). The standard InChI is InChI=1S/C18H17Cl2NO2/c19-16-7-6-13(10-17(16)20)12-23-15-5-3-4-14(11-15)18(22)21-8-1-2-9-21/h3-7,10-11H,1-2,8-9,12H2. The Labute approximate surface area is 145 Å². The zero-order valence-corrected chi connectivity index (χ0v) is 14.1. The van der Waals surface area contributed by atoms with Gasteiger partial charge in [-0.3, -0.25) is 4.79 Å². The van der Waals surface area contributed by atoms with Crippen LogP contribution >= 0.6 is 23.2 Å². The Bertz CT molecular complexity index is 712. The molecule has 2 aromatic carbocycles. The van der Waals surface area contributed by atoms with Crippen LogP contribution in [0.2, 0.25) is 10.0 Å². The molecule has 23 heavy (non-hydrogen) atoms. The van der Waals surface area contributed by atoms with Crippen molar-refractivity contribution in [2.24, 2.45) is 0 Å². The molecule has 1 heterocycles. The number of hydrogen-bond donors (Lipinski definition) is 0. The van der Waals surface area contributed by atoms with Gasteiger partial charge in [0.15, 0.2) is 0 Å². The molecule has 3 nitrogen and oxygen atoms in total. The second-order valence-electron chi connectivity index (χ2n) is 5.56. The van der Waals surface area contributed by atoms with Gasteiger partial charge in [-0.15, -0.1) is 0 Å². The first kappa shape index (κ1) is 16.2. The van der Waals surface area contributed by atoms with Gasteiger partial charge in [0.05, 0.1) is 10.0 Å². The fraction of sp³-hybridized carbons (Fsp3) is 0.278. The minimum Gasteiger partial charge on any atom is -0.489 e. The van der Waals surface area contributed by atoms with Crippen LogP contribution in [-0.4, -0.2) is 23.9 Å². The lowest BCUT2D eigenvalue weighted by molar-refractivity contribution is 0.0792. The van der Waals surface area contributed by atoms with Crippen LogP contribution in [-0.2, 0) is 6.61 Å². The molecular weight excluding hydrogens is 333 g/mol. The second-order valence-corrected chi connectivity index (χ2v) is 6.38. The van der Waals surface area contributed by atoms with Gasteiger partial charge >= 0.3 is 0 Å². The highest BCUT2D eigenvalue weighted by atomic mass is 35.5. The highest BCUT2D eigenvalue weighted by molar-refractivity contribution is 6.42. The van der Waals surface area contributed by atoms with Gasteiger partial charge in [0.25, 0.3) is 5.91 Å². The summed E-state index contributed by atoms with van der Waals surface area (Å²) in [5.41, 5.74) is 1.59. The van der Waals surface area contributed by atoms with Crippen molar-refractivity contribution in [1.29, 1.82) is 0 Å². The molecule has 0 aliphatic carbocycles. The minimum atomic E-state index is 0.0717. The number of hydrogen-bond acceptors (Lipinski definition) is 2. The zero-order chi connectivity index (χ0) is 16.2. The van der Waals surface area contributed by atoms with Crippen LogP contribution in [0, 0.1) is 0 Å². The summed E-state index contributed by atoms with van der Waals surface area (Å²) in [6, 6.07) is 12.7. The van der Waals surface area contributed by atoms with Crippen molar-refractivity contribution < 1.29 is 9.53 Å². The molecule has 0 aromatic heterocycles. The average Bonchev–Trinajstić information content (AvgIpc) is 3.10. The maximum absolute atomic E-state index is 12.4. The van der Waals surface area contributed by atoms with Crippen molar-refractivity contribution in [3.8, 4) is 5.75 Å². The van der Waals surface area contributed by atoms with E-state index in [4.69, 9.17) is 27.9 Å². The number of benzene rings is 2. The number of likely N-dealkylation sites (tertiary alicyclic amines) is 1. The molecule has 120 valence electrons. The van der Waals surface area contributed by atoms with Crippen molar-refractivity contribution in [2.75, 3.05) is 13.1 Å². The molecule has 2 aromatic rings. The van der Waals surface area contributed by atoms with Gasteiger partial charge in [-0.2, -0.15) is 0 Å². The van der Waals surface area contributed by atoms with E-state index in [-0.39, 0.29) is 5.91 Å². The number of halogens is 2. The fourth-order valence-electron chi connectivity index (χ4n) is 2.62. The molecule has 0 spiro atoms. The molecule has 1 fully saturated rings. The summed E-state index contributed by atoms with van der Waals surface area (Å²) >= 11 is 11.9. The number of ether oxygens (including phenoxy) is 1. The fourth-order valence-corrected chi connectivity index (χ4v) is 2.94. The Morgan fingerprint density at radius 2 is 1.83 bits per heavy atom. The maximum atomic E-state index is 12.4. The Morgan fingerprint density at radius 3 is 2.57 bits per heavy atom. The van der Waals surface area contributed by atoms with E-state index in [0.717, 1.165) is 31.5 Å². The van der Waals surface area contributed by atoms with E-state index >= 15 is 0 Å². The van der Waals surface area contributed by atoms with E-state index in [9.17, 15) is 4.79 Å². The number of carbonyl (C=O) groups excluding carboxylic acids is 1. The number of carbonyl (C=O) groups is 1. The van der Waals surface area contributed by atoms with Gasteiger partial charge in [-0.1, -0.05) is 35.3 Å². The lowest BCUT2D eigenvalue weighted by Gasteiger charge is -2.15. The molecule has 1 aliphatic heterocycles. The predicted octanol–water partition coefficient (Wildman–Crippen LogP) is 4.81. The highest BCUT2D eigenvalue weighted by Gasteiger charge is 2.19. The molecule has 0 radical (unpaired) electrons. The first-order chi connectivity index (χ1) is 11.1. The third kappa shape index (κ3) is 3.98. The van der Waals surface area contributed by atoms with Gasteiger partial charge in [-0.05, 0) is 48.7 Å². The topological polar surface area (TPSA) is 29.5 Å². The van der Waals surface area contributed by atoms with Crippen molar-refractivity contribution in [3.63, 3.8) is 0 Å². The smallest absolute Gasteiger partial charge is 0.253 e. The Balaban J connectivity index is 1.67. The quantitative estimate of drug-likeness (QED) is 0.792. The summed E-state index contributed by atoms with van der Waals surface area (Å²) in [5.74, 6) is 0.739. The van der Waals surface area contributed by atoms with Crippen LogP contribution in [0.15, 0.2) is 42.5 Å². The molecule has 1 amide bonds. The first-order valence-electron chi connectivity index (χ1n) is 7.59. The van der Waals surface area contributed by atoms with Gasteiger partial charge in [0.2, 0.25) is 0 Å². The van der Waals surface area contributed by atoms with E-state index in [2.05, 4.69) is 0 Å². The summed E-state index contributed by atoms with van der Waals surface area (Å²) < 4.78 is 5.77. The number of rotatable bonds is 4. The highest BCUT2D eigenvalue weighted by Crippen LogP contribution is 2.24. The minimum absolute atomic E-state index is 0.0717. The van der Waals surface area contributed by atoms with Crippen LogP contribution in [0.3, 0.4) is 0 Å². The zero-order valence-electron chi connectivity index (χ0n) is 12.6.